The number of ketones is 1. The van der Waals surface area contributed by atoms with Gasteiger partial charge >= 0.3 is 0 Å². The van der Waals surface area contributed by atoms with Gasteiger partial charge in [0.05, 0.1) is 17.8 Å². The van der Waals surface area contributed by atoms with Crippen LogP contribution in [0, 0.1) is 18.3 Å². The van der Waals surface area contributed by atoms with Crippen molar-refractivity contribution in [1.29, 1.82) is 0 Å². The van der Waals surface area contributed by atoms with Crippen LogP contribution in [-0.4, -0.2) is 50.7 Å². The molecule has 4 rings (SSSR count). The molecule has 0 aliphatic carbocycles. The highest BCUT2D eigenvalue weighted by atomic mass is 16.2. The third-order valence-electron chi connectivity index (χ3n) is 5.59. The molecular formula is C24H25N5O2. The van der Waals surface area contributed by atoms with Crippen molar-refractivity contribution >= 4 is 28.4 Å². The number of anilines is 1. The number of amides is 1. The van der Waals surface area contributed by atoms with E-state index in [-0.39, 0.29) is 24.2 Å². The molecular weight excluding hydrogens is 390 g/mol. The van der Waals surface area contributed by atoms with E-state index in [0.717, 1.165) is 28.7 Å². The van der Waals surface area contributed by atoms with Crippen LogP contribution in [0.25, 0.3) is 22.3 Å². The van der Waals surface area contributed by atoms with Crippen molar-refractivity contribution in [3.8, 4) is 23.6 Å². The van der Waals surface area contributed by atoms with Gasteiger partial charge < -0.3 is 15.2 Å². The number of aromatic nitrogens is 3. The summed E-state index contributed by atoms with van der Waals surface area (Å²) in [5.74, 6) is 2.69. The molecule has 0 bridgehead atoms. The molecule has 0 radical (unpaired) electrons. The number of terminal acetylenes is 1. The van der Waals surface area contributed by atoms with E-state index in [9.17, 15) is 9.59 Å². The van der Waals surface area contributed by atoms with Gasteiger partial charge in [-0.05, 0) is 30.5 Å². The molecule has 7 nitrogen and oxygen atoms in total. The minimum absolute atomic E-state index is 0.0154. The molecule has 0 unspecified atom stereocenters. The van der Waals surface area contributed by atoms with E-state index < -0.39 is 0 Å². The Morgan fingerprint density at radius 2 is 2.16 bits per heavy atom. The number of carbonyl (C=O) groups excluding carboxylic acids is 2. The fourth-order valence-corrected chi connectivity index (χ4v) is 4.20. The number of hydrogen-bond donors (Lipinski definition) is 2. The van der Waals surface area contributed by atoms with Crippen LogP contribution in [0.1, 0.15) is 37.2 Å². The number of fused-ring (bicyclic) bond motifs is 1. The van der Waals surface area contributed by atoms with E-state index in [1.165, 1.54) is 6.92 Å². The summed E-state index contributed by atoms with van der Waals surface area (Å²) >= 11 is 0. The molecule has 7 heteroatoms. The normalized spacial score (nSPS) is 18.5. The van der Waals surface area contributed by atoms with Crippen molar-refractivity contribution in [2.24, 2.45) is 5.92 Å². The lowest BCUT2D eigenvalue weighted by Crippen LogP contribution is -2.48. The number of carbonyl (C=O) groups is 2. The van der Waals surface area contributed by atoms with Gasteiger partial charge in [0, 0.05) is 49.4 Å². The Bertz CT molecular complexity index is 1180. The van der Waals surface area contributed by atoms with Gasteiger partial charge in [-0.3, -0.25) is 9.59 Å². The second-order valence-corrected chi connectivity index (χ2v) is 8.11. The lowest BCUT2D eigenvalue weighted by molar-refractivity contribution is -0.131. The molecule has 0 aromatic carbocycles. The number of H-pyrrole nitrogens is 1. The summed E-state index contributed by atoms with van der Waals surface area (Å²) in [5.41, 5.74) is 3.56. The third kappa shape index (κ3) is 4.29. The third-order valence-corrected chi connectivity index (χ3v) is 5.59. The first-order chi connectivity index (χ1) is 15.0. The minimum Gasteiger partial charge on any atom is -0.379 e. The van der Waals surface area contributed by atoms with Crippen LogP contribution >= 0.6 is 0 Å². The van der Waals surface area contributed by atoms with Gasteiger partial charge in [0.25, 0.3) is 0 Å². The van der Waals surface area contributed by atoms with Crippen molar-refractivity contribution in [3.63, 3.8) is 0 Å². The number of likely N-dealkylation sites (tertiary alicyclic amines) is 1. The fourth-order valence-electron chi connectivity index (χ4n) is 4.20. The second-order valence-electron chi connectivity index (χ2n) is 8.11. The maximum absolute atomic E-state index is 12.4. The molecule has 0 spiro atoms. The molecule has 3 aromatic rings. The van der Waals surface area contributed by atoms with Crippen LogP contribution in [-0.2, 0) is 4.79 Å². The van der Waals surface area contributed by atoms with Gasteiger partial charge in [0.15, 0.2) is 5.78 Å². The van der Waals surface area contributed by atoms with E-state index in [4.69, 9.17) is 6.42 Å². The number of Topliss-reactive ketones (excluding diaryl/α,β-unsaturated/α-hetero) is 1. The number of aromatic amines is 1. The molecule has 2 N–H and O–H groups in total. The van der Waals surface area contributed by atoms with Gasteiger partial charge in [0.1, 0.15) is 11.3 Å². The van der Waals surface area contributed by atoms with Crippen molar-refractivity contribution in [1.82, 2.24) is 19.9 Å². The van der Waals surface area contributed by atoms with Crippen LogP contribution in [0.5, 0.6) is 0 Å². The average molecular weight is 415 g/mol. The predicted molar refractivity (Wildman–Crippen MR) is 121 cm³/mol. The number of piperidine rings is 1. The number of nitrogens with zero attached hydrogens (tertiary/aromatic N) is 3. The minimum atomic E-state index is -0.0872. The van der Waals surface area contributed by atoms with E-state index >= 15 is 0 Å². The molecule has 4 heterocycles. The summed E-state index contributed by atoms with van der Waals surface area (Å²) < 4.78 is 0. The zero-order chi connectivity index (χ0) is 22.0. The summed E-state index contributed by atoms with van der Waals surface area (Å²) in [6.45, 7) is 4.94. The Morgan fingerprint density at radius 3 is 2.94 bits per heavy atom. The lowest BCUT2D eigenvalue weighted by atomic mass is 9.94. The Kier molecular flexibility index (Phi) is 5.72. The molecule has 1 amide bonds. The SMILES string of the molecule is C#CCC(=O)N1C[C@@H](C)C[C@@H](Nc2c(-c3cccc(C(C)=O)n3)cnc3[nH]ccc23)C1. The fraction of sp³-hybridized carbons (Fsp3) is 0.333. The molecule has 0 saturated carbocycles. The molecule has 158 valence electrons. The monoisotopic (exact) mass is 415 g/mol. The number of pyridine rings is 2. The van der Waals surface area contributed by atoms with Crippen LogP contribution in [0.15, 0.2) is 36.7 Å². The topological polar surface area (TPSA) is 91.0 Å². The summed E-state index contributed by atoms with van der Waals surface area (Å²) in [5, 5.41) is 4.59. The summed E-state index contributed by atoms with van der Waals surface area (Å²) in [6.07, 6.45) is 9.99. The van der Waals surface area contributed by atoms with E-state index in [1.54, 1.807) is 12.3 Å². The smallest absolute Gasteiger partial charge is 0.234 e. The van der Waals surface area contributed by atoms with Crippen LogP contribution in [0.4, 0.5) is 5.69 Å². The number of rotatable bonds is 5. The first-order valence-corrected chi connectivity index (χ1v) is 10.4. The average Bonchev–Trinajstić information content (AvgIpc) is 3.23. The summed E-state index contributed by atoms with van der Waals surface area (Å²) in [4.78, 5) is 38.3. The summed E-state index contributed by atoms with van der Waals surface area (Å²) in [6, 6.07) is 7.43. The maximum Gasteiger partial charge on any atom is 0.234 e. The summed E-state index contributed by atoms with van der Waals surface area (Å²) in [7, 11) is 0. The van der Waals surface area contributed by atoms with Crippen molar-refractivity contribution in [3.05, 3.63) is 42.4 Å². The second kappa shape index (κ2) is 8.60. The van der Waals surface area contributed by atoms with Crippen molar-refractivity contribution in [2.45, 2.75) is 32.7 Å². The molecule has 1 fully saturated rings. The van der Waals surface area contributed by atoms with Crippen LogP contribution in [0.3, 0.4) is 0 Å². The first kappa shape index (κ1) is 20.6. The highest BCUT2D eigenvalue weighted by Crippen LogP contribution is 2.34. The van der Waals surface area contributed by atoms with E-state index in [0.29, 0.717) is 30.4 Å². The zero-order valence-electron chi connectivity index (χ0n) is 17.7. The van der Waals surface area contributed by atoms with Crippen LogP contribution in [0.2, 0.25) is 0 Å². The Labute approximate surface area is 181 Å². The van der Waals surface area contributed by atoms with Gasteiger partial charge in [-0.25, -0.2) is 9.97 Å². The Balaban J connectivity index is 1.71. The first-order valence-electron chi connectivity index (χ1n) is 10.4. The van der Waals surface area contributed by atoms with Gasteiger partial charge in [0.2, 0.25) is 5.91 Å². The largest absolute Gasteiger partial charge is 0.379 e. The van der Waals surface area contributed by atoms with Crippen molar-refractivity contribution < 1.29 is 9.59 Å². The molecule has 1 saturated heterocycles. The maximum atomic E-state index is 12.4. The van der Waals surface area contributed by atoms with Gasteiger partial charge in [-0.15, -0.1) is 6.42 Å². The molecule has 31 heavy (non-hydrogen) atoms. The highest BCUT2D eigenvalue weighted by Gasteiger charge is 2.28. The Morgan fingerprint density at radius 1 is 1.32 bits per heavy atom. The van der Waals surface area contributed by atoms with Gasteiger partial charge in [-0.2, -0.15) is 0 Å². The quantitative estimate of drug-likeness (QED) is 0.492. The molecule has 2 atom stereocenters. The predicted octanol–water partition coefficient (Wildman–Crippen LogP) is 3.50. The van der Waals surface area contributed by atoms with E-state index in [2.05, 4.69) is 33.1 Å². The number of nitrogens with one attached hydrogen (secondary N) is 2. The van der Waals surface area contributed by atoms with Crippen molar-refractivity contribution in [2.75, 3.05) is 18.4 Å². The number of hydrogen-bond acceptors (Lipinski definition) is 5. The highest BCUT2D eigenvalue weighted by molar-refractivity contribution is 5.98. The lowest BCUT2D eigenvalue weighted by Gasteiger charge is -2.37. The van der Waals surface area contributed by atoms with E-state index in [1.807, 2.05) is 29.3 Å². The Hall–Kier alpha value is -3.66. The standard InChI is InChI=1S/C24H25N5O2/c1-4-6-22(31)29-13-15(2)11-17(14-29)27-23-18-9-10-25-24(18)26-12-19(23)21-8-5-7-20(28-21)16(3)30/h1,5,7-10,12,15,17H,6,11,13-14H2,2-3H3,(H2,25,26,27)/t15-,17+/m0/s1. The van der Waals surface area contributed by atoms with Gasteiger partial charge in [-0.1, -0.05) is 18.9 Å². The van der Waals surface area contributed by atoms with Crippen LogP contribution < -0.4 is 5.32 Å². The molecule has 3 aromatic heterocycles. The molecule has 1 aliphatic rings. The zero-order valence-corrected chi connectivity index (χ0v) is 17.7. The molecule has 1 aliphatic heterocycles.